The summed E-state index contributed by atoms with van der Waals surface area (Å²) in [4.78, 5) is 22.4. The van der Waals surface area contributed by atoms with Crippen LogP contribution in [0.15, 0.2) is 47.4 Å². The summed E-state index contributed by atoms with van der Waals surface area (Å²) in [6, 6.07) is 8.16. The number of carbonyl (C=O) groups excluding carboxylic acids is 2. The van der Waals surface area contributed by atoms with Gasteiger partial charge in [-0.25, -0.2) is 17.6 Å². The van der Waals surface area contributed by atoms with E-state index in [-0.39, 0.29) is 49.8 Å². The number of amides is 2. The van der Waals surface area contributed by atoms with Gasteiger partial charge in [0, 0.05) is 15.6 Å². The maximum Gasteiger partial charge on any atom is 0.427 e. The number of rotatable bonds is 5. The van der Waals surface area contributed by atoms with Gasteiger partial charge in [-0.05, 0) is 56.3 Å². The summed E-state index contributed by atoms with van der Waals surface area (Å²) in [7, 11) is -2.45. The number of carbonyl (C=O) groups is 2. The molecule has 2 heterocycles. The van der Waals surface area contributed by atoms with Crippen molar-refractivity contribution in [1.82, 2.24) is 5.32 Å². The van der Waals surface area contributed by atoms with Crippen LogP contribution < -0.4 is 19.7 Å². The summed E-state index contributed by atoms with van der Waals surface area (Å²) in [5.74, 6) is -0.198. The zero-order valence-corrected chi connectivity index (χ0v) is 22.0. The molecule has 2 aliphatic heterocycles. The predicted molar refractivity (Wildman–Crippen MR) is 136 cm³/mol. The summed E-state index contributed by atoms with van der Waals surface area (Å²) in [5.41, 5.74) is -2.68. The Morgan fingerprint density at radius 3 is 2.26 bits per heavy atom. The number of alkyl halides is 3. The summed E-state index contributed by atoms with van der Waals surface area (Å²) >= 11 is 0. The van der Waals surface area contributed by atoms with Gasteiger partial charge in [0.15, 0.2) is 0 Å². The van der Waals surface area contributed by atoms with Crippen LogP contribution in [0.5, 0.6) is 5.75 Å². The lowest BCUT2D eigenvalue weighted by Gasteiger charge is -2.31. The normalized spacial score (nSPS) is 15.5. The van der Waals surface area contributed by atoms with E-state index >= 15 is 0 Å². The van der Waals surface area contributed by atoms with Crippen molar-refractivity contribution in [2.75, 3.05) is 43.0 Å². The number of benzene rings is 2. The van der Waals surface area contributed by atoms with Crippen LogP contribution in [0, 0.1) is 11.7 Å². The Morgan fingerprint density at radius 2 is 1.74 bits per heavy atom. The van der Waals surface area contributed by atoms with Crippen LogP contribution in [0.3, 0.4) is 0 Å². The Bertz CT molecular complexity index is 1310. The van der Waals surface area contributed by atoms with Crippen molar-refractivity contribution in [3.05, 3.63) is 48.3 Å². The molecule has 0 saturated carbocycles. The van der Waals surface area contributed by atoms with Gasteiger partial charge in [-0.2, -0.15) is 13.2 Å². The van der Waals surface area contributed by atoms with E-state index in [9.17, 15) is 35.6 Å². The highest BCUT2D eigenvalue weighted by Gasteiger charge is 2.51. The van der Waals surface area contributed by atoms with E-state index in [1.54, 1.807) is 7.05 Å². The van der Waals surface area contributed by atoms with Crippen LogP contribution in [0.1, 0.15) is 16.7 Å². The topological polar surface area (TPSA) is 123 Å². The van der Waals surface area contributed by atoms with Crippen LogP contribution in [0.4, 0.5) is 33.7 Å². The number of nitrogens with one attached hydrogen (secondary N) is 2. The second kappa shape index (κ2) is 11.7. The molecule has 10 nitrogen and oxygen atoms in total. The first-order valence-corrected chi connectivity index (χ1v) is 13.0. The second-order valence-corrected chi connectivity index (χ2v) is 10.8. The van der Waals surface area contributed by atoms with Crippen molar-refractivity contribution < 1.29 is 52.6 Å². The molecule has 2 N–H and O–H groups in total. The first-order chi connectivity index (χ1) is 18.2. The second-order valence-electron chi connectivity index (χ2n) is 8.93. The smallest absolute Gasteiger partial charge is 0.427 e. The highest BCUT2D eigenvalue weighted by Crippen LogP contribution is 2.38. The molecule has 1 fully saturated rings. The molecule has 0 atom stereocenters. The van der Waals surface area contributed by atoms with Crippen molar-refractivity contribution in [1.29, 1.82) is 0 Å². The van der Waals surface area contributed by atoms with Crippen LogP contribution in [0.25, 0.3) is 0 Å². The highest BCUT2D eigenvalue weighted by molar-refractivity contribution is 7.92. The molecule has 0 aromatic heterocycles. The number of hydrogen-bond acceptors (Lipinski definition) is 7. The highest BCUT2D eigenvalue weighted by atomic mass is 32.2. The van der Waals surface area contributed by atoms with E-state index in [4.69, 9.17) is 9.47 Å². The summed E-state index contributed by atoms with van der Waals surface area (Å²) in [6.45, 7) is 2.57. The van der Waals surface area contributed by atoms with Crippen LogP contribution >= 0.6 is 0 Å². The number of ether oxygens (including phenoxy) is 3. The fourth-order valence-electron chi connectivity index (χ4n) is 3.28. The molecule has 2 amide bonds. The minimum Gasteiger partial charge on any atom is -0.489 e. The van der Waals surface area contributed by atoms with E-state index in [1.165, 1.54) is 18.2 Å². The minimum absolute atomic E-state index is 0. The van der Waals surface area contributed by atoms with Gasteiger partial charge in [-0.15, -0.1) is 0 Å². The zero-order chi connectivity index (χ0) is 29.0. The fraction of sp³-hybridized carbons (Fsp3) is 0.417. The van der Waals surface area contributed by atoms with Crippen molar-refractivity contribution in [3.63, 3.8) is 0 Å². The van der Waals surface area contributed by atoms with Crippen molar-refractivity contribution >= 4 is 33.4 Å². The van der Waals surface area contributed by atoms with E-state index < -0.39 is 33.7 Å². The predicted octanol–water partition coefficient (Wildman–Crippen LogP) is 4.17. The Hall–Kier alpha value is -3.59. The van der Waals surface area contributed by atoms with Gasteiger partial charge in [0.1, 0.15) is 18.2 Å². The molecule has 39 heavy (non-hydrogen) atoms. The molecular formula is C24H31F4N3O7S. The first kappa shape index (κ1) is 30.0. The van der Waals surface area contributed by atoms with Gasteiger partial charge in [-0.3, -0.25) is 14.4 Å². The third kappa shape index (κ3) is 7.09. The molecule has 1 saturated heterocycles. The quantitative estimate of drug-likeness (QED) is 0.508. The number of sulfonamides is 1. The molecule has 4 rings (SSSR count). The van der Waals surface area contributed by atoms with E-state index in [0.29, 0.717) is 27.1 Å². The van der Waals surface area contributed by atoms with Crippen LogP contribution in [-0.4, -0.2) is 65.6 Å². The van der Waals surface area contributed by atoms with Crippen LogP contribution in [-0.2, 0) is 24.3 Å². The Balaban J connectivity index is 0.000000726. The Kier molecular flexibility index (Phi) is 8.95. The van der Waals surface area contributed by atoms with Crippen molar-refractivity contribution in [2.24, 2.45) is 5.92 Å². The van der Waals surface area contributed by atoms with Gasteiger partial charge < -0.3 is 19.5 Å². The van der Waals surface area contributed by atoms with Gasteiger partial charge in [-0.1, -0.05) is 0 Å². The maximum atomic E-state index is 13.2. The molecule has 0 bridgehead atoms. The van der Waals surface area contributed by atoms with Gasteiger partial charge >= 0.3 is 12.3 Å². The molecule has 0 radical (unpaired) electrons. The largest absolute Gasteiger partial charge is 0.489 e. The van der Waals surface area contributed by atoms with E-state index in [1.807, 2.05) is 0 Å². The SMILES string of the molecule is CC(C)(OC(=O)Nc1ccc2c(c1)N(S(=O)(=O)c1ccc(F)cc1)CCO2)C(F)(F)F.CNC(=O)C1COC1.[HH].[HH]. The van der Waals surface area contributed by atoms with Crippen LogP contribution in [0.2, 0.25) is 0 Å². The lowest BCUT2D eigenvalue weighted by Crippen LogP contribution is -2.44. The Labute approximate surface area is 225 Å². The summed E-state index contributed by atoms with van der Waals surface area (Å²) < 4.78 is 93.6. The molecular weight excluding hydrogens is 550 g/mol. The zero-order valence-electron chi connectivity index (χ0n) is 21.2. The van der Waals surface area contributed by atoms with Gasteiger partial charge in [0.05, 0.1) is 36.3 Å². The number of hydrogen-bond donors (Lipinski definition) is 2. The third-order valence-corrected chi connectivity index (χ3v) is 7.54. The monoisotopic (exact) mass is 581 g/mol. The van der Waals surface area contributed by atoms with E-state index in [0.717, 1.165) is 28.6 Å². The maximum absolute atomic E-state index is 13.2. The molecule has 2 aliphatic rings. The van der Waals surface area contributed by atoms with Gasteiger partial charge in [0.2, 0.25) is 11.5 Å². The molecule has 218 valence electrons. The lowest BCUT2D eigenvalue weighted by molar-refractivity contribution is -0.242. The number of halogens is 4. The average molecular weight is 582 g/mol. The molecule has 2 aromatic rings. The fourth-order valence-corrected chi connectivity index (χ4v) is 4.73. The molecule has 0 unspecified atom stereocenters. The summed E-state index contributed by atoms with van der Waals surface area (Å²) in [5, 5.41) is 4.70. The van der Waals surface area contributed by atoms with Gasteiger partial charge in [0.25, 0.3) is 10.0 Å². The lowest BCUT2D eigenvalue weighted by atomic mass is 10.1. The molecule has 15 heteroatoms. The number of fused-ring (bicyclic) bond motifs is 1. The molecule has 2 aromatic carbocycles. The van der Waals surface area contributed by atoms with E-state index in [2.05, 4.69) is 15.4 Å². The minimum atomic E-state index is -4.78. The number of nitrogens with zero attached hydrogens (tertiary/aromatic N) is 1. The molecule has 0 spiro atoms. The number of anilines is 2. The standard InChI is InChI=1S/C19H18F4N2O5S.C5H9NO2.2H2/c1-18(2,19(21,22)23)30-17(26)24-13-5-8-16-15(11-13)25(9-10-29-16)31(27,28)14-6-3-12(20)4-7-14;1-6-5(7)4-2-8-3-4;;/h3-8,11H,9-10H2,1-2H3,(H,24,26);4H,2-3H2,1H3,(H,6,7);2*1H. The Morgan fingerprint density at radius 1 is 1.10 bits per heavy atom. The third-order valence-electron chi connectivity index (χ3n) is 5.71. The average Bonchev–Trinajstić information content (AvgIpc) is 2.82. The summed E-state index contributed by atoms with van der Waals surface area (Å²) in [6.07, 6.45) is -6.15. The molecule has 0 aliphatic carbocycles. The van der Waals surface area contributed by atoms with Crippen molar-refractivity contribution in [2.45, 2.75) is 30.5 Å². The van der Waals surface area contributed by atoms with Crippen molar-refractivity contribution in [3.8, 4) is 5.75 Å². The first-order valence-electron chi connectivity index (χ1n) is 11.6.